The lowest BCUT2D eigenvalue weighted by molar-refractivity contribution is 0.0936. The normalized spacial score (nSPS) is 11.1. The number of pyridine rings is 2. The summed E-state index contributed by atoms with van der Waals surface area (Å²) >= 11 is 0. The summed E-state index contributed by atoms with van der Waals surface area (Å²) < 4.78 is 22.8. The number of carbonyl (C=O) groups excluding carboxylic acids is 1. The number of methoxy groups -OCH3 is 2. The Morgan fingerprint density at radius 2 is 2.03 bits per heavy atom. The van der Waals surface area contributed by atoms with E-state index in [1.807, 2.05) is 0 Å². The second-order valence-corrected chi connectivity index (χ2v) is 6.80. The average Bonchev–Trinajstić information content (AvgIpc) is 3.45. The first kappa shape index (κ1) is 21.4. The third-order valence-corrected chi connectivity index (χ3v) is 4.52. The highest BCUT2D eigenvalue weighted by Gasteiger charge is 2.14. The molecule has 0 radical (unpaired) electrons. The molecular formula is C21H22N6O5. The predicted octanol–water partition coefficient (Wildman–Crippen LogP) is 1.88. The average molecular weight is 438 g/mol. The molecule has 4 heterocycles. The standard InChI is InChI=1S/C21H22N6O5/c1-29-8-7-22-21(28)14-3-4-15(23-10-14)12-31-16-5-6-19-24-25-20(27(19)11-16)18-9-17(13-30-2)32-26-18/h3-6,9-11H,7-8,12-13H2,1-2H3,(H,22,28). The predicted molar refractivity (Wildman–Crippen MR) is 112 cm³/mol. The van der Waals surface area contributed by atoms with Crippen LogP contribution < -0.4 is 10.1 Å². The minimum atomic E-state index is -0.200. The molecule has 0 atom stereocenters. The van der Waals surface area contributed by atoms with Gasteiger partial charge in [-0.2, -0.15) is 0 Å². The molecule has 1 N–H and O–H groups in total. The van der Waals surface area contributed by atoms with Gasteiger partial charge in [0, 0.05) is 33.0 Å². The molecule has 0 fully saturated rings. The summed E-state index contributed by atoms with van der Waals surface area (Å²) in [5.74, 6) is 1.52. The van der Waals surface area contributed by atoms with Crippen LogP contribution in [0.15, 0.2) is 47.2 Å². The molecule has 32 heavy (non-hydrogen) atoms. The van der Waals surface area contributed by atoms with Crippen molar-refractivity contribution in [2.45, 2.75) is 13.2 Å². The fourth-order valence-electron chi connectivity index (χ4n) is 2.93. The zero-order valence-electron chi connectivity index (χ0n) is 17.6. The van der Waals surface area contributed by atoms with Gasteiger partial charge < -0.3 is 24.1 Å². The molecule has 0 aliphatic rings. The van der Waals surface area contributed by atoms with Crippen LogP contribution in [0.2, 0.25) is 0 Å². The molecule has 4 rings (SSSR count). The number of carbonyl (C=O) groups is 1. The van der Waals surface area contributed by atoms with E-state index >= 15 is 0 Å². The lowest BCUT2D eigenvalue weighted by atomic mass is 10.2. The molecule has 11 nitrogen and oxygen atoms in total. The van der Waals surface area contributed by atoms with Crippen LogP contribution in [-0.2, 0) is 22.7 Å². The Morgan fingerprint density at radius 1 is 1.12 bits per heavy atom. The van der Waals surface area contributed by atoms with E-state index in [1.165, 1.54) is 6.20 Å². The highest BCUT2D eigenvalue weighted by molar-refractivity contribution is 5.93. The summed E-state index contributed by atoms with van der Waals surface area (Å²) in [5, 5.41) is 15.1. The Kier molecular flexibility index (Phi) is 6.68. The van der Waals surface area contributed by atoms with Crippen LogP contribution in [0.3, 0.4) is 0 Å². The number of hydrogen-bond donors (Lipinski definition) is 1. The molecule has 0 aliphatic carbocycles. The van der Waals surface area contributed by atoms with E-state index in [2.05, 4.69) is 25.7 Å². The van der Waals surface area contributed by atoms with Crippen molar-refractivity contribution in [2.75, 3.05) is 27.4 Å². The Morgan fingerprint density at radius 3 is 2.81 bits per heavy atom. The van der Waals surface area contributed by atoms with Crippen LogP contribution in [-0.4, -0.2) is 58.0 Å². The number of amides is 1. The first-order valence-electron chi connectivity index (χ1n) is 9.82. The number of hydrogen-bond acceptors (Lipinski definition) is 9. The maximum atomic E-state index is 12.0. The van der Waals surface area contributed by atoms with Gasteiger partial charge in [0.25, 0.3) is 5.91 Å². The van der Waals surface area contributed by atoms with Gasteiger partial charge in [-0.05, 0) is 24.3 Å². The van der Waals surface area contributed by atoms with Crippen LogP contribution in [0.4, 0.5) is 0 Å². The number of aromatic nitrogens is 5. The van der Waals surface area contributed by atoms with E-state index in [0.717, 1.165) is 0 Å². The fraction of sp³-hybridized carbons (Fsp3) is 0.286. The topological polar surface area (TPSA) is 126 Å². The number of fused-ring (bicyclic) bond motifs is 1. The summed E-state index contributed by atoms with van der Waals surface area (Å²) in [6.45, 7) is 1.44. The lowest BCUT2D eigenvalue weighted by Gasteiger charge is -2.08. The zero-order chi connectivity index (χ0) is 22.3. The molecule has 1 amide bonds. The first-order chi connectivity index (χ1) is 15.7. The van der Waals surface area contributed by atoms with E-state index in [1.54, 1.807) is 55.1 Å². The van der Waals surface area contributed by atoms with Gasteiger partial charge in [-0.25, -0.2) is 0 Å². The van der Waals surface area contributed by atoms with E-state index in [9.17, 15) is 4.79 Å². The number of ether oxygens (including phenoxy) is 3. The summed E-state index contributed by atoms with van der Waals surface area (Å²) in [7, 11) is 3.16. The third kappa shape index (κ3) is 4.90. The fourth-order valence-corrected chi connectivity index (χ4v) is 2.93. The van der Waals surface area contributed by atoms with Gasteiger partial charge >= 0.3 is 0 Å². The molecule has 0 saturated heterocycles. The third-order valence-electron chi connectivity index (χ3n) is 4.52. The minimum absolute atomic E-state index is 0.200. The maximum absolute atomic E-state index is 12.0. The summed E-state index contributed by atoms with van der Waals surface area (Å²) in [4.78, 5) is 16.3. The number of rotatable bonds is 10. The van der Waals surface area contributed by atoms with Crippen molar-refractivity contribution < 1.29 is 23.5 Å². The number of nitrogens with zero attached hydrogens (tertiary/aromatic N) is 5. The molecule has 0 unspecified atom stereocenters. The summed E-state index contributed by atoms with van der Waals surface area (Å²) in [6, 6.07) is 8.80. The van der Waals surface area contributed by atoms with Gasteiger partial charge in [0.15, 0.2) is 22.9 Å². The van der Waals surface area contributed by atoms with E-state index in [-0.39, 0.29) is 12.5 Å². The van der Waals surface area contributed by atoms with Gasteiger partial charge in [0.1, 0.15) is 19.0 Å². The van der Waals surface area contributed by atoms with Gasteiger partial charge in [0.05, 0.1) is 24.1 Å². The molecule has 166 valence electrons. The molecule has 4 aromatic rings. The van der Waals surface area contributed by atoms with Crippen LogP contribution in [0, 0.1) is 0 Å². The van der Waals surface area contributed by atoms with Gasteiger partial charge in [-0.3, -0.25) is 14.2 Å². The Hall–Kier alpha value is -3.83. The van der Waals surface area contributed by atoms with Crippen molar-refractivity contribution in [3.8, 4) is 17.3 Å². The van der Waals surface area contributed by atoms with Crippen LogP contribution in [0.5, 0.6) is 5.75 Å². The molecule has 0 spiro atoms. The summed E-state index contributed by atoms with van der Waals surface area (Å²) in [6.07, 6.45) is 3.29. The van der Waals surface area contributed by atoms with Gasteiger partial charge in [-0.15, -0.1) is 10.2 Å². The van der Waals surface area contributed by atoms with Crippen molar-refractivity contribution in [1.82, 2.24) is 30.1 Å². The smallest absolute Gasteiger partial charge is 0.252 e. The number of nitrogens with one attached hydrogen (secondary N) is 1. The van der Waals surface area contributed by atoms with Crippen LogP contribution in [0.1, 0.15) is 21.8 Å². The van der Waals surface area contributed by atoms with Crippen molar-refractivity contribution in [3.63, 3.8) is 0 Å². The first-order valence-corrected chi connectivity index (χ1v) is 9.82. The lowest BCUT2D eigenvalue weighted by Crippen LogP contribution is -2.27. The molecule has 0 bridgehead atoms. The second-order valence-electron chi connectivity index (χ2n) is 6.80. The highest BCUT2D eigenvalue weighted by Crippen LogP contribution is 2.22. The van der Waals surface area contributed by atoms with Crippen LogP contribution in [0.25, 0.3) is 17.2 Å². The molecule has 4 aromatic heterocycles. The monoisotopic (exact) mass is 438 g/mol. The van der Waals surface area contributed by atoms with E-state index in [4.69, 9.17) is 18.7 Å². The van der Waals surface area contributed by atoms with Crippen molar-refractivity contribution in [3.05, 3.63) is 59.7 Å². The zero-order valence-corrected chi connectivity index (χ0v) is 17.6. The molecular weight excluding hydrogens is 416 g/mol. The highest BCUT2D eigenvalue weighted by atomic mass is 16.5. The largest absolute Gasteiger partial charge is 0.486 e. The quantitative estimate of drug-likeness (QED) is 0.369. The van der Waals surface area contributed by atoms with Gasteiger partial charge in [-0.1, -0.05) is 5.16 Å². The Bertz CT molecular complexity index is 1190. The SMILES string of the molecule is COCCNC(=O)c1ccc(COc2ccc3nnc(-c4cc(COC)on4)n3c2)nc1. The van der Waals surface area contributed by atoms with Gasteiger partial charge in [0.2, 0.25) is 0 Å². The van der Waals surface area contributed by atoms with Crippen LogP contribution >= 0.6 is 0 Å². The van der Waals surface area contributed by atoms with Crippen molar-refractivity contribution in [1.29, 1.82) is 0 Å². The molecule has 11 heteroatoms. The van der Waals surface area contributed by atoms with E-state index < -0.39 is 0 Å². The van der Waals surface area contributed by atoms with Crippen molar-refractivity contribution in [2.24, 2.45) is 0 Å². The Balaban J connectivity index is 1.42. The maximum Gasteiger partial charge on any atom is 0.252 e. The van der Waals surface area contributed by atoms with Crippen molar-refractivity contribution >= 4 is 11.6 Å². The summed E-state index contributed by atoms with van der Waals surface area (Å²) in [5.41, 5.74) is 2.34. The molecule has 0 aromatic carbocycles. The Labute approximate surface area is 183 Å². The molecule has 0 aliphatic heterocycles. The van der Waals surface area contributed by atoms with E-state index in [0.29, 0.717) is 59.7 Å². The molecule has 0 saturated carbocycles. The second kappa shape index (κ2) is 9.98. The minimum Gasteiger partial charge on any atom is -0.486 e.